The van der Waals surface area contributed by atoms with Crippen LogP contribution in [0.25, 0.3) is 0 Å². The minimum absolute atomic E-state index is 0.000280. The number of hydrogen-bond donors (Lipinski definition) is 8. The average molecular weight is 524 g/mol. The van der Waals surface area contributed by atoms with E-state index in [4.69, 9.17) is 11.5 Å². The minimum Gasteiger partial charge on any atom is -0.508 e. The third-order valence-corrected chi connectivity index (χ3v) is 5.60. The molecular weight excluding hydrogens is 486 g/mol. The van der Waals surface area contributed by atoms with Gasteiger partial charge in [0, 0.05) is 6.42 Å². The quantitative estimate of drug-likeness (QED) is 0.124. The molecule has 0 bridgehead atoms. The number of carboxylic acid groups (broad SMARTS) is 2. The third kappa shape index (κ3) is 11.3. The molecule has 0 spiro atoms. The highest BCUT2D eigenvalue weighted by atomic mass is 16.4. The SMILES string of the molecule is CC(C)C(N)C(=O)NC(CC(=O)O)C(=O)NC(CCCCN)C(=O)NC(Cc1ccc(O)cc1)C(=O)O. The van der Waals surface area contributed by atoms with Gasteiger partial charge in [-0.1, -0.05) is 26.0 Å². The molecule has 0 radical (unpaired) electrons. The molecule has 13 heteroatoms. The van der Waals surface area contributed by atoms with Gasteiger partial charge in [0.15, 0.2) is 0 Å². The first kappa shape index (κ1) is 31.3. The molecule has 0 aromatic heterocycles. The first-order chi connectivity index (χ1) is 17.3. The number of carbonyl (C=O) groups is 5. The highest BCUT2D eigenvalue weighted by molar-refractivity contribution is 5.95. The lowest BCUT2D eigenvalue weighted by Gasteiger charge is -2.25. The summed E-state index contributed by atoms with van der Waals surface area (Å²) in [6.07, 6.45) is 0.195. The van der Waals surface area contributed by atoms with Gasteiger partial charge in [-0.3, -0.25) is 19.2 Å². The Labute approximate surface area is 215 Å². The Morgan fingerprint density at radius 1 is 0.838 bits per heavy atom. The Kier molecular flexibility index (Phi) is 13.0. The van der Waals surface area contributed by atoms with Crippen molar-refractivity contribution in [3.8, 4) is 5.75 Å². The number of unbranched alkanes of at least 4 members (excludes halogenated alkanes) is 1. The van der Waals surface area contributed by atoms with Crippen molar-refractivity contribution in [3.63, 3.8) is 0 Å². The van der Waals surface area contributed by atoms with Gasteiger partial charge in [-0.15, -0.1) is 0 Å². The van der Waals surface area contributed by atoms with Crippen LogP contribution in [0.15, 0.2) is 24.3 Å². The molecule has 37 heavy (non-hydrogen) atoms. The van der Waals surface area contributed by atoms with E-state index in [1.807, 2.05) is 0 Å². The van der Waals surface area contributed by atoms with Crippen molar-refractivity contribution < 1.29 is 39.3 Å². The molecule has 10 N–H and O–H groups in total. The summed E-state index contributed by atoms with van der Waals surface area (Å²) in [7, 11) is 0. The summed E-state index contributed by atoms with van der Waals surface area (Å²) < 4.78 is 0. The van der Waals surface area contributed by atoms with Gasteiger partial charge in [-0.05, 0) is 49.4 Å². The van der Waals surface area contributed by atoms with E-state index in [2.05, 4.69) is 16.0 Å². The van der Waals surface area contributed by atoms with Gasteiger partial charge in [0.25, 0.3) is 0 Å². The highest BCUT2D eigenvalue weighted by Gasteiger charge is 2.31. The molecule has 0 heterocycles. The van der Waals surface area contributed by atoms with Gasteiger partial charge in [-0.25, -0.2) is 4.79 Å². The van der Waals surface area contributed by atoms with E-state index >= 15 is 0 Å². The van der Waals surface area contributed by atoms with Crippen LogP contribution in [0.5, 0.6) is 5.75 Å². The number of rotatable bonds is 16. The molecule has 1 aromatic rings. The number of nitrogens with two attached hydrogens (primary N) is 2. The van der Waals surface area contributed by atoms with Crippen LogP contribution in [-0.2, 0) is 30.4 Å². The van der Waals surface area contributed by atoms with Crippen molar-refractivity contribution in [3.05, 3.63) is 29.8 Å². The number of carbonyl (C=O) groups excluding carboxylic acids is 3. The van der Waals surface area contributed by atoms with Gasteiger partial charge in [-0.2, -0.15) is 0 Å². The number of amides is 3. The van der Waals surface area contributed by atoms with Crippen molar-refractivity contribution in [1.82, 2.24) is 16.0 Å². The van der Waals surface area contributed by atoms with E-state index < -0.39 is 60.2 Å². The summed E-state index contributed by atoms with van der Waals surface area (Å²) >= 11 is 0. The lowest BCUT2D eigenvalue weighted by Crippen LogP contribution is -2.58. The maximum atomic E-state index is 13.0. The number of aromatic hydroxyl groups is 1. The molecule has 0 saturated carbocycles. The van der Waals surface area contributed by atoms with Crippen molar-refractivity contribution >= 4 is 29.7 Å². The zero-order valence-electron chi connectivity index (χ0n) is 21.0. The molecular formula is C24H37N5O8. The second-order valence-electron chi connectivity index (χ2n) is 9.04. The van der Waals surface area contributed by atoms with Gasteiger partial charge < -0.3 is 42.7 Å². The summed E-state index contributed by atoms with van der Waals surface area (Å²) in [5, 5.41) is 35.4. The Balaban J connectivity index is 3.04. The molecule has 0 aliphatic carbocycles. The maximum Gasteiger partial charge on any atom is 0.326 e. The van der Waals surface area contributed by atoms with Crippen LogP contribution >= 0.6 is 0 Å². The summed E-state index contributed by atoms with van der Waals surface area (Å²) in [6.45, 7) is 3.70. The smallest absolute Gasteiger partial charge is 0.326 e. The monoisotopic (exact) mass is 523 g/mol. The first-order valence-electron chi connectivity index (χ1n) is 11.9. The number of phenols is 1. The van der Waals surface area contributed by atoms with Crippen LogP contribution in [0.4, 0.5) is 0 Å². The van der Waals surface area contributed by atoms with Crippen molar-refractivity contribution in [2.24, 2.45) is 17.4 Å². The highest BCUT2D eigenvalue weighted by Crippen LogP contribution is 2.12. The third-order valence-electron chi connectivity index (χ3n) is 5.60. The molecule has 0 saturated heterocycles. The predicted molar refractivity (Wildman–Crippen MR) is 133 cm³/mol. The molecule has 13 nitrogen and oxygen atoms in total. The van der Waals surface area contributed by atoms with Gasteiger partial charge in [0.1, 0.15) is 23.9 Å². The van der Waals surface area contributed by atoms with E-state index in [0.29, 0.717) is 24.9 Å². The Hall–Kier alpha value is -3.71. The summed E-state index contributed by atoms with van der Waals surface area (Å²) in [5.41, 5.74) is 11.8. The number of hydrogen-bond acceptors (Lipinski definition) is 8. The van der Waals surface area contributed by atoms with Crippen LogP contribution < -0.4 is 27.4 Å². The second-order valence-corrected chi connectivity index (χ2v) is 9.04. The molecule has 206 valence electrons. The van der Waals surface area contributed by atoms with Crippen LogP contribution in [-0.4, -0.2) is 75.7 Å². The second kappa shape index (κ2) is 15.4. The van der Waals surface area contributed by atoms with Crippen molar-refractivity contribution in [2.45, 2.75) is 70.1 Å². The molecule has 4 atom stereocenters. The largest absolute Gasteiger partial charge is 0.508 e. The lowest BCUT2D eigenvalue weighted by atomic mass is 10.0. The van der Waals surface area contributed by atoms with E-state index in [1.165, 1.54) is 24.3 Å². The minimum atomic E-state index is -1.51. The van der Waals surface area contributed by atoms with Gasteiger partial charge in [0.2, 0.25) is 17.7 Å². The first-order valence-corrected chi connectivity index (χ1v) is 11.9. The summed E-state index contributed by atoms with van der Waals surface area (Å²) in [6, 6.07) is 0.743. The lowest BCUT2D eigenvalue weighted by molar-refractivity contribution is -0.143. The fraction of sp³-hybridized carbons (Fsp3) is 0.542. The van der Waals surface area contributed by atoms with E-state index in [-0.39, 0.29) is 24.5 Å². The van der Waals surface area contributed by atoms with Crippen molar-refractivity contribution in [2.75, 3.05) is 6.54 Å². The topological polar surface area (TPSA) is 234 Å². The van der Waals surface area contributed by atoms with Crippen LogP contribution in [0.1, 0.15) is 45.1 Å². The summed E-state index contributed by atoms with van der Waals surface area (Å²) in [5.74, 6) is -5.39. The number of phenolic OH excluding ortho intramolecular Hbond substituents is 1. The molecule has 3 amide bonds. The zero-order valence-corrected chi connectivity index (χ0v) is 21.0. The number of benzene rings is 1. The molecule has 1 aromatic carbocycles. The molecule has 0 aliphatic rings. The zero-order chi connectivity index (χ0) is 28.1. The normalized spacial score (nSPS) is 14.2. The van der Waals surface area contributed by atoms with E-state index in [9.17, 15) is 39.3 Å². The van der Waals surface area contributed by atoms with Gasteiger partial charge in [0.05, 0.1) is 12.5 Å². The van der Waals surface area contributed by atoms with Crippen molar-refractivity contribution in [1.29, 1.82) is 0 Å². The number of carboxylic acids is 2. The van der Waals surface area contributed by atoms with Crippen LogP contribution in [0.3, 0.4) is 0 Å². The summed E-state index contributed by atoms with van der Waals surface area (Å²) in [4.78, 5) is 61.4. The van der Waals surface area contributed by atoms with Crippen LogP contribution in [0, 0.1) is 5.92 Å². The fourth-order valence-corrected chi connectivity index (χ4v) is 3.33. The molecule has 1 rings (SSSR count). The van der Waals surface area contributed by atoms with Crippen LogP contribution in [0.2, 0.25) is 0 Å². The molecule has 0 fully saturated rings. The average Bonchev–Trinajstić information content (AvgIpc) is 2.82. The molecule has 0 aliphatic heterocycles. The number of nitrogens with one attached hydrogen (secondary N) is 3. The Morgan fingerprint density at radius 2 is 1.38 bits per heavy atom. The predicted octanol–water partition coefficient (Wildman–Crippen LogP) is -0.939. The van der Waals surface area contributed by atoms with E-state index in [1.54, 1.807) is 13.8 Å². The number of aliphatic carboxylic acids is 2. The fourth-order valence-electron chi connectivity index (χ4n) is 3.33. The maximum absolute atomic E-state index is 13.0. The Morgan fingerprint density at radius 3 is 1.89 bits per heavy atom. The standard InChI is InChI=1S/C24H37N5O8/c1-13(2)20(26)23(35)28-17(12-19(31)32)22(34)27-16(5-3-4-10-25)21(33)29-18(24(36)37)11-14-6-8-15(30)9-7-14/h6-9,13,16-18,20,30H,3-5,10-12,25-26H2,1-2H3,(H,27,34)(H,28,35)(H,29,33)(H,31,32)(H,36,37). The van der Waals surface area contributed by atoms with E-state index in [0.717, 1.165) is 0 Å². The van der Waals surface area contributed by atoms with Gasteiger partial charge >= 0.3 is 11.9 Å². The Bertz CT molecular complexity index is 938. The molecule has 4 unspecified atom stereocenters.